The minimum atomic E-state index is -0.0193. The van der Waals surface area contributed by atoms with Crippen molar-refractivity contribution in [2.24, 2.45) is 11.3 Å². The summed E-state index contributed by atoms with van der Waals surface area (Å²) in [7, 11) is 0. The molecule has 0 aliphatic heterocycles. The molecule has 1 aliphatic rings. The molecule has 0 amide bonds. The van der Waals surface area contributed by atoms with Crippen molar-refractivity contribution >= 4 is 0 Å². The summed E-state index contributed by atoms with van der Waals surface area (Å²) in [5, 5.41) is 9.18. The van der Waals surface area contributed by atoms with Crippen LogP contribution in [0.1, 0.15) is 58.7 Å². The van der Waals surface area contributed by atoms with Crippen molar-refractivity contribution < 1.29 is 9.84 Å². The molecule has 1 heterocycles. The van der Waals surface area contributed by atoms with E-state index in [9.17, 15) is 9.90 Å². The maximum absolute atomic E-state index is 12.6. The second-order valence-electron chi connectivity index (χ2n) is 8.02. The lowest BCUT2D eigenvalue weighted by molar-refractivity contribution is 0.182. The molecule has 0 saturated heterocycles. The first-order valence-corrected chi connectivity index (χ1v) is 9.42. The first-order valence-electron chi connectivity index (χ1n) is 9.42. The highest BCUT2D eigenvalue weighted by Crippen LogP contribution is 2.43. The van der Waals surface area contributed by atoms with Crippen LogP contribution >= 0.6 is 0 Å². The zero-order valence-corrected chi connectivity index (χ0v) is 16.4. The topological polar surface area (TPSA) is 51.5 Å². The lowest BCUT2D eigenvalue weighted by atomic mass is 9.66. The van der Waals surface area contributed by atoms with Gasteiger partial charge in [0, 0.05) is 30.5 Å². The number of aliphatic hydroxyl groups is 1. The largest absolute Gasteiger partial charge is 0.493 e. The number of ether oxygens (including phenoxy) is 1. The summed E-state index contributed by atoms with van der Waals surface area (Å²) in [5.74, 6) is 1.28. The quantitative estimate of drug-likeness (QED) is 0.765. The molecule has 0 radical (unpaired) electrons. The number of fused-ring (bicyclic) bond motifs is 1. The third kappa shape index (κ3) is 4.55. The van der Waals surface area contributed by atoms with Crippen molar-refractivity contribution in [3.63, 3.8) is 0 Å². The van der Waals surface area contributed by atoms with E-state index in [1.807, 2.05) is 11.5 Å². The van der Waals surface area contributed by atoms with E-state index in [-0.39, 0.29) is 17.6 Å². The standard InChI is InChI=1S/C21H33NO3/c1-6-25-19-13-20(24)22(10-7-11-23)18-14-21(4,5)16(12-17(18)19)9-8-15(2)3/h8,13,16,23H,6-7,9-12,14H2,1-5H3. The van der Waals surface area contributed by atoms with Crippen LogP contribution in [0.3, 0.4) is 0 Å². The van der Waals surface area contributed by atoms with Crippen molar-refractivity contribution in [3.8, 4) is 5.75 Å². The number of hydrogen-bond acceptors (Lipinski definition) is 3. The van der Waals surface area contributed by atoms with Gasteiger partial charge in [-0.2, -0.15) is 0 Å². The van der Waals surface area contributed by atoms with Crippen molar-refractivity contribution in [1.82, 2.24) is 4.57 Å². The second kappa shape index (κ2) is 8.22. The third-order valence-electron chi connectivity index (χ3n) is 5.32. The molecular formula is C21H33NO3. The Hall–Kier alpha value is -1.55. The number of hydrogen-bond donors (Lipinski definition) is 1. The van der Waals surface area contributed by atoms with Gasteiger partial charge in [0.15, 0.2) is 0 Å². The highest BCUT2D eigenvalue weighted by molar-refractivity contribution is 5.40. The van der Waals surface area contributed by atoms with Crippen LogP contribution < -0.4 is 10.3 Å². The average molecular weight is 347 g/mol. The Morgan fingerprint density at radius 3 is 2.76 bits per heavy atom. The number of aromatic nitrogens is 1. The molecule has 4 heteroatoms. The molecule has 0 spiro atoms. The van der Waals surface area contributed by atoms with E-state index in [2.05, 4.69) is 33.8 Å². The Kier molecular flexibility index (Phi) is 6.50. The fourth-order valence-electron chi connectivity index (χ4n) is 3.77. The van der Waals surface area contributed by atoms with E-state index < -0.39 is 0 Å². The van der Waals surface area contributed by atoms with E-state index in [0.29, 0.717) is 25.5 Å². The number of allylic oxidation sites excluding steroid dienone is 2. The Morgan fingerprint density at radius 1 is 1.44 bits per heavy atom. The molecule has 25 heavy (non-hydrogen) atoms. The van der Waals surface area contributed by atoms with Crippen LogP contribution in [0.15, 0.2) is 22.5 Å². The molecule has 1 atom stereocenters. The first kappa shape index (κ1) is 19.8. The average Bonchev–Trinajstić information content (AvgIpc) is 2.52. The van der Waals surface area contributed by atoms with Crippen LogP contribution in [0.25, 0.3) is 0 Å². The summed E-state index contributed by atoms with van der Waals surface area (Å²) in [6.07, 6.45) is 5.77. The van der Waals surface area contributed by atoms with E-state index in [0.717, 1.165) is 30.7 Å². The molecule has 1 unspecified atom stereocenters. The van der Waals surface area contributed by atoms with Gasteiger partial charge < -0.3 is 14.4 Å². The molecule has 2 rings (SSSR count). The summed E-state index contributed by atoms with van der Waals surface area (Å²) in [6, 6.07) is 1.63. The normalized spacial score (nSPS) is 18.6. The molecule has 4 nitrogen and oxygen atoms in total. The number of pyridine rings is 1. The van der Waals surface area contributed by atoms with Gasteiger partial charge in [0.2, 0.25) is 0 Å². The smallest absolute Gasteiger partial charge is 0.254 e. The second-order valence-corrected chi connectivity index (χ2v) is 8.02. The Morgan fingerprint density at radius 2 is 2.16 bits per heavy atom. The number of aliphatic hydroxyl groups excluding tert-OH is 1. The zero-order valence-electron chi connectivity index (χ0n) is 16.4. The minimum absolute atomic E-state index is 0.0193. The van der Waals surface area contributed by atoms with E-state index in [1.54, 1.807) is 6.07 Å². The maximum atomic E-state index is 12.6. The Labute approximate surface area is 151 Å². The maximum Gasteiger partial charge on any atom is 0.254 e. The third-order valence-corrected chi connectivity index (χ3v) is 5.32. The molecule has 1 aromatic heterocycles. The van der Waals surface area contributed by atoms with Crippen molar-refractivity contribution in [2.75, 3.05) is 13.2 Å². The highest BCUT2D eigenvalue weighted by Gasteiger charge is 2.37. The molecule has 0 fully saturated rings. The fourth-order valence-corrected chi connectivity index (χ4v) is 3.77. The predicted molar refractivity (Wildman–Crippen MR) is 102 cm³/mol. The number of rotatable bonds is 7. The summed E-state index contributed by atoms with van der Waals surface area (Å²) in [6.45, 7) is 12.1. The van der Waals surface area contributed by atoms with Gasteiger partial charge in [-0.05, 0) is 57.8 Å². The van der Waals surface area contributed by atoms with E-state index >= 15 is 0 Å². The SMILES string of the molecule is CCOc1cc(=O)n(CCCO)c2c1CC(CC=C(C)C)C(C)(C)C2. The molecule has 1 N–H and O–H groups in total. The summed E-state index contributed by atoms with van der Waals surface area (Å²) in [4.78, 5) is 12.6. The van der Waals surface area contributed by atoms with Gasteiger partial charge in [-0.1, -0.05) is 25.5 Å². The molecule has 1 aliphatic carbocycles. The monoisotopic (exact) mass is 347 g/mol. The summed E-state index contributed by atoms with van der Waals surface area (Å²) in [5.41, 5.74) is 3.74. The van der Waals surface area contributed by atoms with Crippen molar-refractivity contribution in [3.05, 3.63) is 39.3 Å². The summed E-state index contributed by atoms with van der Waals surface area (Å²) >= 11 is 0. The van der Waals surface area contributed by atoms with Gasteiger partial charge in [0.25, 0.3) is 5.56 Å². The van der Waals surface area contributed by atoms with Crippen molar-refractivity contribution in [1.29, 1.82) is 0 Å². The van der Waals surface area contributed by atoms with Gasteiger partial charge in [-0.25, -0.2) is 0 Å². The van der Waals surface area contributed by atoms with Crippen LogP contribution in [0, 0.1) is 11.3 Å². The molecule has 1 aromatic rings. The van der Waals surface area contributed by atoms with Gasteiger partial charge in [-0.3, -0.25) is 4.79 Å². The lowest BCUT2D eigenvalue weighted by Crippen LogP contribution is -2.38. The minimum Gasteiger partial charge on any atom is -0.493 e. The van der Waals surface area contributed by atoms with E-state index in [4.69, 9.17) is 4.74 Å². The predicted octanol–water partition coefficient (Wildman–Crippen LogP) is 3.73. The fraction of sp³-hybridized carbons (Fsp3) is 0.667. The van der Waals surface area contributed by atoms with Gasteiger partial charge in [0.05, 0.1) is 6.61 Å². The van der Waals surface area contributed by atoms with Crippen LogP contribution in [0.4, 0.5) is 0 Å². The number of nitrogens with zero attached hydrogens (tertiary/aromatic N) is 1. The molecule has 0 bridgehead atoms. The van der Waals surface area contributed by atoms with Crippen molar-refractivity contribution in [2.45, 2.75) is 66.8 Å². The molecule has 140 valence electrons. The van der Waals surface area contributed by atoms with E-state index in [1.165, 1.54) is 11.1 Å². The molecule has 0 aromatic carbocycles. The Bertz CT molecular complexity index is 681. The molecule has 0 saturated carbocycles. The lowest BCUT2D eigenvalue weighted by Gasteiger charge is -2.41. The van der Waals surface area contributed by atoms with Gasteiger partial charge >= 0.3 is 0 Å². The van der Waals surface area contributed by atoms with Crippen LogP contribution in [0.5, 0.6) is 5.75 Å². The first-order chi connectivity index (χ1) is 11.8. The van der Waals surface area contributed by atoms with Crippen LogP contribution in [-0.2, 0) is 19.4 Å². The zero-order chi connectivity index (χ0) is 18.6. The van der Waals surface area contributed by atoms with Crippen LogP contribution in [0.2, 0.25) is 0 Å². The summed E-state index contributed by atoms with van der Waals surface area (Å²) < 4.78 is 7.66. The van der Waals surface area contributed by atoms with Crippen LogP contribution in [-0.4, -0.2) is 22.9 Å². The Balaban J connectivity index is 2.50. The van der Waals surface area contributed by atoms with Gasteiger partial charge in [-0.15, -0.1) is 0 Å². The highest BCUT2D eigenvalue weighted by atomic mass is 16.5. The molecular weight excluding hydrogens is 314 g/mol. The van der Waals surface area contributed by atoms with Gasteiger partial charge in [0.1, 0.15) is 5.75 Å².